The number of rotatable bonds is 3. The Labute approximate surface area is 154 Å². The van der Waals surface area contributed by atoms with Crippen molar-refractivity contribution in [3.8, 4) is 17.5 Å². The number of carbonyl (C=O) groups is 1. The van der Waals surface area contributed by atoms with E-state index in [1.807, 2.05) is 24.3 Å². The highest BCUT2D eigenvalue weighted by Crippen LogP contribution is 2.32. The molecule has 4 aromatic rings. The zero-order valence-corrected chi connectivity index (χ0v) is 14.5. The number of nitriles is 1. The molecule has 0 aliphatic heterocycles. The molecule has 0 fully saturated rings. The molecule has 2 heterocycles. The first kappa shape index (κ1) is 16.5. The van der Waals surface area contributed by atoms with Gasteiger partial charge in [0.1, 0.15) is 28.7 Å². The summed E-state index contributed by atoms with van der Waals surface area (Å²) >= 11 is 0. The molecular formula is C20H15N5O2. The fraction of sp³-hybridized carbons (Fsp3) is 0.100. The van der Waals surface area contributed by atoms with Gasteiger partial charge in [-0.05, 0) is 36.4 Å². The molecule has 7 nitrogen and oxygen atoms in total. The van der Waals surface area contributed by atoms with Gasteiger partial charge in [-0.3, -0.25) is 9.36 Å². The average Bonchev–Trinajstić information content (AvgIpc) is 2.98. The van der Waals surface area contributed by atoms with Gasteiger partial charge in [0.05, 0.1) is 11.0 Å². The molecule has 0 saturated carbocycles. The van der Waals surface area contributed by atoms with Crippen LogP contribution in [0.1, 0.15) is 18.9 Å². The zero-order chi connectivity index (χ0) is 19.0. The molecule has 0 aliphatic rings. The Morgan fingerprint density at radius 2 is 1.81 bits per heavy atom. The van der Waals surface area contributed by atoms with Crippen LogP contribution in [0.3, 0.4) is 0 Å². The minimum atomic E-state index is -0.223. The normalized spacial score (nSPS) is 10.8. The highest BCUT2D eigenvalue weighted by molar-refractivity contribution is 5.99. The zero-order valence-electron chi connectivity index (χ0n) is 14.5. The summed E-state index contributed by atoms with van der Waals surface area (Å²) in [7, 11) is 0. The van der Waals surface area contributed by atoms with Gasteiger partial charge < -0.3 is 10.4 Å². The predicted molar refractivity (Wildman–Crippen MR) is 102 cm³/mol. The van der Waals surface area contributed by atoms with Gasteiger partial charge in [0.2, 0.25) is 5.91 Å². The summed E-state index contributed by atoms with van der Waals surface area (Å²) < 4.78 is 1.68. The van der Waals surface area contributed by atoms with E-state index < -0.39 is 0 Å². The second-order valence-corrected chi connectivity index (χ2v) is 5.97. The molecule has 0 unspecified atom stereocenters. The number of aromatic nitrogens is 3. The molecule has 0 radical (unpaired) electrons. The van der Waals surface area contributed by atoms with Crippen molar-refractivity contribution in [2.24, 2.45) is 0 Å². The number of para-hydroxylation sites is 2. The van der Waals surface area contributed by atoms with Crippen molar-refractivity contribution >= 4 is 33.9 Å². The van der Waals surface area contributed by atoms with Crippen LogP contribution in [0.5, 0.6) is 5.75 Å². The van der Waals surface area contributed by atoms with E-state index in [4.69, 9.17) is 0 Å². The Bertz CT molecular complexity index is 1220. The van der Waals surface area contributed by atoms with Crippen LogP contribution < -0.4 is 5.32 Å². The van der Waals surface area contributed by atoms with Crippen LogP contribution >= 0.6 is 0 Å². The number of fused-ring (bicyclic) bond motifs is 2. The molecule has 0 aliphatic carbocycles. The third kappa shape index (κ3) is 2.73. The molecule has 0 atom stereocenters. The number of phenolic OH excluding ortho intramolecular Hbond substituents is 1. The number of aromatic hydroxyl groups is 1. The first-order valence-corrected chi connectivity index (χ1v) is 8.43. The van der Waals surface area contributed by atoms with Crippen molar-refractivity contribution in [2.45, 2.75) is 13.3 Å². The van der Waals surface area contributed by atoms with E-state index in [2.05, 4.69) is 21.4 Å². The van der Waals surface area contributed by atoms with Crippen LogP contribution in [0.25, 0.3) is 27.9 Å². The number of hydrogen-bond donors (Lipinski definition) is 2. The van der Waals surface area contributed by atoms with Gasteiger partial charge >= 0.3 is 0 Å². The lowest BCUT2D eigenvalue weighted by molar-refractivity contribution is -0.115. The Morgan fingerprint density at radius 3 is 2.44 bits per heavy atom. The Hall–Kier alpha value is -3.92. The number of nitrogens with one attached hydrogen (secondary N) is 1. The maximum absolute atomic E-state index is 12.1. The number of anilines is 1. The van der Waals surface area contributed by atoms with Crippen LogP contribution in [0, 0.1) is 11.3 Å². The van der Waals surface area contributed by atoms with Crippen LogP contribution in [0.4, 0.5) is 5.82 Å². The minimum Gasteiger partial charge on any atom is -0.508 e. The number of hydrogen-bond acceptors (Lipinski definition) is 5. The minimum absolute atomic E-state index is 0.117. The first-order chi connectivity index (χ1) is 13.1. The first-order valence-electron chi connectivity index (χ1n) is 8.43. The monoisotopic (exact) mass is 357 g/mol. The number of nitrogens with zero attached hydrogens (tertiary/aromatic N) is 4. The second kappa shape index (κ2) is 6.42. The summed E-state index contributed by atoms with van der Waals surface area (Å²) in [6.07, 6.45) is 0.269. The van der Waals surface area contributed by atoms with E-state index in [0.717, 1.165) is 0 Å². The van der Waals surface area contributed by atoms with Crippen LogP contribution in [-0.2, 0) is 4.79 Å². The number of carbonyl (C=O) groups excluding carboxylic acids is 1. The van der Waals surface area contributed by atoms with Crippen LogP contribution in [-0.4, -0.2) is 25.5 Å². The van der Waals surface area contributed by atoms with Crippen molar-refractivity contribution in [1.29, 1.82) is 5.26 Å². The van der Waals surface area contributed by atoms with Crippen molar-refractivity contribution < 1.29 is 9.90 Å². The van der Waals surface area contributed by atoms with E-state index in [9.17, 15) is 15.2 Å². The highest BCUT2D eigenvalue weighted by atomic mass is 16.3. The van der Waals surface area contributed by atoms with E-state index in [1.165, 1.54) is 12.1 Å². The summed E-state index contributed by atoms with van der Waals surface area (Å²) in [6, 6.07) is 16.0. The van der Waals surface area contributed by atoms with Crippen molar-refractivity contribution in [3.05, 3.63) is 54.1 Å². The van der Waals surface area contributed by atoms with Crippen molar-refractivity contribution in [1.82, 2.24) is 14.5 Å². The molecule has 2 N–H and O–H groups in total. The summed E-state index contributed by atoms with van der Waals surface area (Å²) in [5.74, 6) is 0.214. The van der Waals surface area contributed by atoms with Gasteiger partial charge in [0, 0.05) is 12.1 Å². The fourth-order valence-electron chi connectivity index (χ4n) is 2.94. The van der Waals surface area contributed by atoms with Crippen LogP contribution in [0.15, 0.2) is 48.5 Å². The van der Waals surface area contributed by atoms with Crippen LogP contribution in [0.2, 0.25) is 0 Å². The third-order valence-corrected chi connectivity index (χ3v) is 4.26. The molecule has 4 rings (SSSR count). The van der Waals surface area contributed by atoms with Crippen molar-refractivity contribution in [3.63, 3.8) is 0 Å². The van der Waals surface area contributed by atoms with E-state index >= 15 is 0 Å². The average molecular weight is 357 g/mol. The molecule has 7 heteroatoms. The maximum atomic E-state index is 12.1. The van der Waals surface area contributed by atoms with E-state index in [0.29, 0.717) is 33.7 Å². The molecular weight excluding hydrogens is 342 g/mol. The Morgan fingerprint density at radius 1 is 1.15 bits per heavy atom. The van der Waals surface area contributed by atoms with Gasteiger partial charge in [0.15, 0.2) is 5.65 Å². The lowest BCUT2D eigenvalue weighted by Gasteiger charge is -2.11. The van der Waals surface area contributed by atoms with Gasteiger partial charge in [-0.25, -0.2) is 9.97 Å². The fourth-order valence-corrected chi connectivity index (χ4v) is 2.94. The number of benzene rings is 2. The number of phenols is 1. The maximum Gasteiger partial charge on any atom is 0.225 e. The molecule has 132 valence electrons. The molecule has 27 heavy (non-hydrogen) atoms. The van der Waals surface area contributed by atoms with Gasteiger partial charge in [-0.15, -0.1) is 0 Å². The van der Waals surface area contributed by atoms with E-state index in [-0.39, 0.29) is 23.6 Å². The lowest BCUT2D eigenvalue weighted by atomic mass is 10.2. The second-order valence-electron chi connectivity index (χ2n) is 5.97. The standard InChI is InChI=1S/C20H15N5O2/c1-2-17(27)24-19-14(11-21)18-20(23-16-6-4-3-5-15(16)22-18)25(19)12-7-9-13(26)10-8-12/h3-10,26H,2H2,1H3,(H,24,27). The largest absolute Gasteiger partial charge is 0.508 e. The molecule has 1 amide bonds. The topological polar surface area (TPSA) is 104 Å². The van der Waals surface area contributed by atoms with Gasteiger partial charge in [-0.1, -0.05) is 19.1 Å². The SMILES string of the molecule is CCC(=O)Nc1c(C#N)c2nc3ccccc3nc2n1-c1ccc(O)cc1. The third-order valence-electron chi connectivity index (χ3n) is 4.26. The van der Waals surface area contributed by atoms with Crippen molar-refractivity contribution in [2.75, 3.05) is 5.32 Å². The summed E-state index contributed by atoms with van der Waals surface area (Å²) in [6.45, 7) is 1.74. The van der Waals surface area contributed by atoms with Gasteiger partial charge in [0.25, 0.3) is 0 Å². The highest BCUT2D eigenvalue weighted by Gasteiger charge is 2.22. The lowest BCUT2D eigenvalue weighted by Crippen LogP contribution is -2.14. The molecule has 2 aromatic heterocycles. The quantitative estimate of drug-likeness (QED) is 0.584. The smallest absolute Gasteiger partial charge is 0.225 e. The van der Waals surface area contributed by atoms with Gasteiger partial charge in [-0.2, -0.15) is 5.26 Å². The molecule has 2 aromatic carbocycles. The predicted octanol–water partition coefficient (Wildman–Crippen LogP) is 3.50. The summed E-state index contributed by atoms with van der Waals surface area (Å²) in [5, 5.41) is 22.2. The molecule has 0 saturated heterocycles. The molecule has 0 bridgehead atoms. The summed E-state index contributed by atoms with van der Waals surface area (Å²) in [4.78, 5) is 21.4. The van der Waals surface area contributed by atoms with E-state index in [1.54, 1.807) is 23.6 Å². The Kier molecular flexibility index (Phi) is 3.94. The molecule has 0 spiro atoms. The Balaban J connectivity index is 2.11. The number of amides is 1. The summed E-state index contributed by atoms with van der Waals surface area (Å²) in [5.41, 5.74) is 3.12.